The molecular weight excluding hydrogens is 500 g/mol. The van der Waals surface area contributed by atoms with Crippen LogP contribution in [-0.2, 0) is 0 Å². The third-order valence-electron chi connectivity index (χ3n) is 6.59. The van der Waals surface area contributed by atoms with Gasteiger partial charge in [0.25, 0.3) is 5.56 Å². The average Bonchev–Trinajstić information content (AvgIpc) is 2.95. The lowest BCUT2D eigenvalue weighted by Gasteiger charge is -2.34. The molecule has 0 radical (unpaired) electrons. The Labute approximate surface area is 224 Å². The zero-order valence-corrected chi connectivity index (χ0v) is 21.5. The molecular formula is C28H25ClN8O. The molecule has 1 aliphatic heterocycles. The molecule has 1 saturated heterocycles. The summed E-state index contributed by atoms with van der Waals surface area (Å²) in [5.74, 6) is 0.354. The van der Waals surface area contributed by atoms with E-state index in [1.807, 2.05) is 42.5 Å². The number of hydrogen-bond acceptors (Lipinski definition) is 8. The number of piperazine rings is 1. The van der Waals surface area contributed by atoms with Crippen LogP contribution in [0, 0.1) is 0 Å². The SMILES string of the molecule is CN1CCN(c2ccc(Nc3ncc4c(=O)n(-c5ccccc5)nc(-c5cccc(Cl)n5)c4n3)cc2)CC1. The van der Waals surface area contributed by atoms with Crippen molar-refractivity contribution in [3.63, 3.8) is 0 Å². The highest BCUT2D eigenvalue weighted by Crippen LogP contribution is 2.26. The number of fused-ring (bicyclic) bond motifs is 1. The summed E-state index contributed by atoms with van der Waals surface area (Å²) in [7, 11) is 2.15. The highest BCUT2D eigenvalue weighted by atomic mass is 35.5. The molecule has 0 amide bonds. The molecule has 0 saturated carbocycles. The van der Waals surface area contributed by atoms with Crippen LogP contribution in [0.5, 0.6) is 0 Å². The van der Waals surface area contributed by atoms with Crippen LogP contribution in [0.25, 0.3) is 28.0 Å². The molecule has 9 nitrogen and oxygen atoms in total. The van der Waals surface area contributed by atoms with Gasteiger partial charge in [-0.3, -0.25) is 4.79 Å². The van der Waals surface area contributed by atoms with Crippen molar-refractivity contribution in [2.24, 2.45) is 0 Å². The molecule has 2 aromatic carbocycles. The van der Waals surface area contributed by atoms with Gasteiger partial charge in [0.1, 0.15) is 16.4 Å². The summed E-state index contributed by atoms with van der Waals surface area (Å²) in [5, 5.41) is 8.56. The van der Waals surface area contributed by atoms with Crippen molar-refractivity contribution in [2.45, 2.75) is 0 Å². The van der Waals surface area contributed by atoms with Crippen LogP contribution in [-0.4, -0.2) is 62.9 Å². The van der Waals surface area contributed by atoms with Crippen molar-refractivity contribution in [1.29, 1.82) is 0 Å². The second-order valence-corrected chi connectivity index (χ2v) is 9.55. The van der Waals surface area contributed by atoms with Crippen LogP contribution < -0.4 is 15.8 Å². The van der Waals surface area contributed by atoms with Crippen LogP contribution in [0.4, 0.5) is 17.3 Å². The number of hydrogen-bond donors (Lipinski definition) is 1. The van der Waals surface area contributed by atoms with Crippen LogP contribution >= 0.6 is 11.6 Å². The Morgan fingerprint density at radius 3 is 2.34 bits per heavy atom. The summed E-state index contributed by atoms with van der Waals surface area (Å²) in [4.78, 5) is 31.7. The maximum atomic E-state index is 13.4. The molecule has 0 bridgehead atoms. The fourth-order valence-electron chi connectivity index (χ4n) is 4.49. The fraction of sp³-hybridized carbons (Fsp3) is 0.179. The predicted molar refractivity (Wildman–Crippen MR) is 151 cm³/mol. The summed E-state index contributed by atoms with van der Waals surface area (Å²) < 4.78 is 1.34. The molecule has 3 aromatic heterocycles. The van der Waals surface area contributed by atoms with Crippen molar-refractivity contribution in [3.05, 3.63) is 94.5 Å². The Morgan fingerprint density at radius 2 is 1.61 bits per heavy atom. The van der Waals surface area contributed by atoms with E-state index in [9.17, 15) is 4.79 Å². The second kappa shape index (κ2) is 10.2. The normalized spacial score (nSPS) is 14.1. The van der Waals surface area contributed by atoms with E-state index in [1.165, 1.54) is 16.6 Å². The molecule has 6 rings (SSSR count). The van der Waals surface area contributed by atoms with Gasteiger partial charge in [-0.1, -0.05) is 35.9 Å². The molecule has 0 aliphatic carbocycles. The summed E-state index contributed by atoms with van der Waals surface area (Å²) >= 11 is 6.19. The quantitative estimate of drug-likeness (QED) is 0.338. The molecule has 190 valence electrons. The number of rotatable bonds is 5. The lowest BCUT2D eigenvalue weighted by Crippen LogP contribution is -2.44. The fourth-order valence-corrected chi connectivity index (χ4v) is 4.66. The predicted octanol–water partition coefficient (Wildman–Crippen LogP) is 4.39. The van der Waals surface area contributed by atoms with E-state index in [0.717, 1.165) is 31.9 Å². The van der Waals surface area contributed by atoms with Gasteiger partial charge in [-0.15, -0.1) is 0 Å². The van der Waals surface area contributed by atoms with Crippen LogP contribution in [0.3, 0.4) is 0 Å². The van der Waals surface area contributed by atoms with Gasteiger partial charge in [-0.05, 0) is 55.6 Å². The Kier molecular flexibility index (Phi) is 6.45. The van der Waals surface area contributed by atoms with Gasteiger partial charge in [0.2, 0.25) is 5.95 Å². The molecule has 38 heavy (non-hydrogen) atoms. The van der Waals surface area contributed by atoms with E-state index >= 15 is 0 Å². The van der Waals surface area contributed by atoms with Crippen molar-refractivity contribution in [2.75, 3.05) is 43.4 Å². The first-order chi connectivity index (χ1) is 18.5. The molecule has 4 heterocycles. The van der Waals surface area contributed by atoms with Gasteiger partial charge < -0.3 is 15.1 Å². The molecule has 10 heteroatoms. The first-order valence-electron chi connectivity index (χ1n) is 12.3. The molecule has 1 N–H and O–H groups in total. The molecule has 0 atom stereocenters. The van der Waals surface area contributed by atoms with Crippen LogP contribution in [0.1, 0.15) is 0 Å². The molecule has 0 unspecified atom stereocenters. The molecule has 0 spiro atoms. The minimum Gasteiger partial charge on any atom is -0.369 e. The number of aromatic nitrogens is 5. The molecule has 1 aliphatic rings. The van der Waals surface area contributed by atoms with Gasteiger partial charge >= 0.3 is 0 Å². The lowest BCUT2D eigenvalue weighted by molar-refractivity contribution is 0.313. The maximum absolute atomic E-state index is 13.4. The van der Waals surface area contributed by atoms with E-state index in [-0.39, 0.29) is 5.56 Å². The number of anilines is 3. The van der Waals surface area contributed by atoms with Gasteiger partial charge in [-0.2, -0.15) is 9.78 Å². The lowest BCUT2D eigenvalue weighted by atomic mass is 10.2. The van der Waals surface area contributed by atoms with E-state index in [0.29, 0.717) is 39.1 Å². The highest BCUT2D eigenvalue weighted by molar-refractivity contribution is 6.29. The van der Waals surface area contributed by atoms with Gasteiger partial charge in [0.15, 0.2) is 0 Å². The van der Waals surface area contributed by atoms with Crippen molar-refractivity contribution < 1.29 is 0 Å². The Hall–Kier alpha value is -4.34. The van der Waals surface area contributed by atoms with E-state index < -0.39 is 0 Å². The molecule has 5 aromatic rings. The Bertz CT molecular complexity index is 1650. The largest absolute Gasteiger partial charge is 0.369 e. The number of pyridine rings is 1. The van der Waals surface area contributed by atoms with Gasteiger partial charge in [0, 0.05) is 43.8 Å². The first-order valence-corrected chi connectivity index (χ1v) is 12.7. The second-order valence-electron chi connectivity index (χ2n) is 9.16. The Balaban J connectivity index is 1.38. The number of likely N-dealkylation sites (N-methyl/N-ethyl adjacent to an activating group) is 1. The standard InChI is InChI=1S/C28H25ClN8O/c1-35-14-16-36(17-15-35)20-12-10-19(11-13-20)31-28-30-18-22-25(33-28)26(23-8-5-9-24(29)32-23)34-37(27(22)38)21-6-3-2-4-7-21/h2-13,18H,14-17H2,1H3,(H,30,31,33). The zero-order chi connectivity index (χ0) is 26.1. The van der Waals surface area contributed by atoms with E-state index in [2.05, 4.69) is 49.4 Å². The van der Waals surface area contributed by atoms with E-state index in [1.54, 1.807) is 18.2 Å². The highest BCUT2D eigenvalue weighted by Gasteiger charge is 2.18. The summed E-state index contributed by atoms with van der Waals surface area (Å²) in [6, 6.07) is 22.7. The monoisotopic (exact) mass is 524 g/mol. The van der Waals surface area contributed by atoms with Gasteiger partial charge in [-0.25, -0.2) is 15.0 Å². The smallest absolute Gasteiger partial charge is 0.282 e. The molecule has 1 fully saturated rings. The average molecular weight is 525 g/mol. The third-order valence-corrected chi connectivity index (χ3v) is 6.80. The number of halogens is 1. The number of nitrogens with zero attached hydrogens (tertiary/aromatic N) is 7. The van der Waals surface area contributed by atoms with Crippen LogP contribution in [0.15, 0.2) is 83.8 Å². The van der Waals surface area contributed by atoms with Crippen molar-refractivity contribution in [3.8, 4) is 17.1 Å². The minimum atomic E-state index is -0.319. The number of benzene rings is 2. The summed E-state index contributed by atoms with van der Waals surface area (Å²) in [5.41, 5.74) is 3.67. The zero-order valence-electron chi connectivity index (χ0n) is 20.8. The van der Waals surface area contributed by atoms with Crippen LogP contribution in [0.2, 0.25) is 5.15 Å². The van der Waals surface area contributed by atoms with Gasteiger partial charge in [0.05, 0.1) is 16.8 Å². The first kappa shape index (κ1) is 24.0. The Morgan fingerprint density at radius 1 is 0.842 bits per heavy atom. The van der Waals surface area contributed by atoms with Crippen molar-refractivity contribution >= 4 is 39.8 Å². The summed E-state index contributed by atoms with van der Waals surface area (Å²) in [6.45, 7) is 4.11. The van der Waals surface area contributed by atoms with E-state index in [4.69, 9.17) is 16.6 Å². The van der Waals surface area contributed by atoms with Crippen molar-refractivity contribution in [1.82, 2.24) is 29.6 Å². The number of nitrogens with one attached hydrogen (secondary N) is 1. The summed E-state index contributed by atoms with van der Waals surface area (Å²) in [6.07, 6.45) is 1.53. The number of para-hydroxylation sites is 1. The topological polar surface area (TPSA) is 92.1 Å². The maximum Gasteiger partial charge on any atom is 0.282 e. The third kappa shape index (κ3) is 4.81. The minimum absolute atomic E-state index is 0.319.